The third-order valence-corrected chi connectivity index (χ3v) is 2.00. The van der Waals surface area contributed by atoms with E-state index in [1.165, 1.54) is 0 Å². The molecule has 1 aromatic heterocycles. The minimum absolute atomic E-state index is 0.0463. The summed E-state index contributed by atoms with van der Waals surface area (Å²) >= 11 is 0. The van der Waals surface area contributed by atoms with Crippen LogP contribution in [0.2, 0.25) is 0 Å². The number of nitrogens with zero attached hydrogens (tertiary/aromatic N) is 1. The van der Waals surface area contributed by atoms with E-state index in [-0.39, 0.29) is 18.9 Å². The average Bonchev–Trinajstić information content (AvgIpc) is 2.27. The molecule has 2 N–H and O–H groups in total. The predicted molar refractivity (Wildman–Crippen MR) is 57.8 cm³/mol. The second-order valence-electron chi connectivity index (χ2n) is 3.31. The number of nitrogens with one attached hydrogen (secondary N) is 1. The van der Waals surface area contributed by atoms with Crippen LogP contribution in [0.1, 0.15) is 18.5 Å². The number of carbonyl (C=O) groups excluding carboxylic acids is 1. The Kier molecular flexibility index (Phi) is 4.98. The number of aromatic nitrogens is 1. The summed E-state index contributed by atoms with van der Waals surface area (Å²) in [6.07, 6.45) is 2.53. The van der Waals surface area contributed by atoms with E-state index in [0.717, 1.165) is 5.69 Å². The standard InChI is InChI=1S/C11H14N2O3/c14-10(13-8-6-11(15)16)5-4-9-3-1-2-7-12-9/h1-3,7H,4-6,8H2,(H,13,14)(H,15,16). The summed E-state index contributed by atoms with van der Waals surface area (Å²) in [4.78, 5) is 25.5. The first kappa shape index (κ1) is 12.2. The van der Waals surface area contributed by atoms with E-state index in [9.17, 15) is 9.59 Å². The van der Waals surface area contributed by atoms with Crippen molar-refractivity contribution in [2.75, 3.05) is 6.54 Å². The van der Waals surface area contributed by atoms with Gasteiger partial charge in [-0.15, -0.1) is 0 Å². The zero-order valence-corrected chi connectivity index (χ0v) is 8.85. The average molecular weight is 222 g/mol. The quantitative estimate of drug-likeness (QED) is 0.739. The number of rotatable bonds is 6. The maximum atomic E-state index is 11.3. The molecule has 16 heavy (non-hydrogen) atoms. The maximum Gasteiger partial charge on any atom is 0.305 e. The smallest absolute Gasteiger partial charge is 0.305 e. The third-order valence-electron chi connectivity index (χ3n) is 2.00. The molecule has 0 atom stereocenters. The van der Waals surface area contributed by atoms with Gasteiger partial charge in [-0.25, -0.2) is 0 Å². The summed E-state index contributed by atoms with van der Waals surface area (Å²) in [5.74, 6) is -1.06. The summed E-state index contributed by atoms with van der Waals surface area (Å²) < 4.78 is 0. The fourth-order valence-corrected chi connectivity index (χ4v) is 1.18. The van der Waals surface area contributed by atoms with Crippen LogP contribution in [0.5, 0.6) is 0 Å². The van der Waals surface area contributed by atoms with Crippen LogP contribution in [-0.2, 0) is 16.0 Å². The van der Waals surface area contributed by atoms with Gasteiger partial charge in [-0.2, -0.15) is 0 Å². The number of amides is 1. The lowest BCUT2D eigenvalue weighted by Gasteiger charge is -2.02. The van der Waals surface area contributed by atoms with Crippen LogP contribution in [-0.4, -0.2) is 28.5 Å². The summed E-state index contributed by atoms with van der Waals surface area (Å²) in [7, 11) is 0. The Balaban J connectivity index is 2.18. The first-order chi connectivity index (χ1) is 7.68. The van der Waals surface area contributed by atoms with E-state index in [2.05, 4.69) is 10.3 Å². The van der Waals surface area contributed by atoms with Crippen molar-refractivity contribution in [3.05, 3.63) is 30.1 Å². The lowest BCUT2D eigenvalue weighted by Crippen LogP contribution is -2.26. The zero-order chi connectivity index (χ0) is 11.8. The summed E-state index contributed by atoms with van der Waals surface area (Å²) in [5, 5.41) is 10.9. The van der Waals surface area contributed by atoms with Gasteiger partial charge in [0.2, 0.25) is 5.91 Å². The van der Waals surface area contributed by atoms with Crippen LogP contribution in [0.4, 0.5) is 0 Å². The van der Waals surface area contributed by atoms with E-state index >= 15 is 0 Å². The number of aliphatic carboxylic acids is 1. The number of carboxylic acid groups (broad SMARTS) is 1. The molecule has 0 aliphatic heterocycles. The second-order valence-corrected chi connectivity index (χ2v) is 3.31. The van der Waals surface area contributed by atoms with Crippen molar-refractivity contribution in [1.82, 2.24) is 10.3 Å². The van der Waals surface area contributed by atoms with E-state index in [1.807, 2.05) is 18.2 Å². The molecule has 0 aliphatic carbocycles. The van der Waals surface area contributed by atoms with E-state index < -0.39 is 5.97 Å². The third kappa shape index (κ3) is 5.09. The van der Waals surface area contributed by atoms with Crippen molar-refractivity contribution in [2.45, 2.75) is 19.3 Å². The number of carboxylic acids is 1. The minimum Gasteiger partial charge on any atom is -0.481 e. The van der Waals surface area contributed by atoms with Gasteiger partial charge in [-0.3, -0.25) is 14.6 Å². The number of hydrogen-bond acceptors (Lipinski definition) is 3. The first-order valence-corrected chi connectivity index (χ1v) is 5.07. The molecule has 0 bridgehead atoms. The van der Waals surface area contributed by atoms with Crippen molar-refractivity contribution in [3.63, 3.8) is 0 Å². The van der Waals surface area contributed by atoms with E-state index in [1.54, 1.807) is 6.20 Å². The Morgan fingerprint density at radius 2 is 2.12 bits per heavy atom. The summed E-state index contributed by atoms with van der Waals surface area (Å²) in [6.45, 7) is 0.177. The molecule has 5 heteroatoms. The highest BCUT2D eigenvalue weighted by Gasteiger charge is 2.03. The molecule has 0 saturated heterocycles. The molecule has 0 fully saturated rings. The van der Waals surface area contributed by atoms with Gasteiger partial charge in [-0.1, -0.05) is 6.07 Å². The molecule has 1 amide bonds. The molecule has 1 aromatic rings. The monoisotopic (exact) mass is 222 g/mol. The van der Waals surface area contributed by atoms with Crippen LogP contribution >= 0.6 is 0 Å². The van der Waals surface area contributed by atoms with Gasteiger partial charge in [-0.05, 0) is 18.6 Å². The van der Waals surface area contributed by atoms with Gasteiger partial charge in [0.05, 0.1) is 6.42 Å². The van der Waals surface area contributed by atoms with Crippen molar-refractivity contribution in [2.24, 2.45) is 0 Å². The molecule has 0 saturated carbocycles. The van der Waals surface area contributed by atoms with Crippen LogP contribution < -0.4 is 5.32 Å². The van der Waals surface area contributed by atoms with Crippen LogP contribution in [0.15, 0.2) is 24.4 Å². The van der Waals surface area contributed by atoms with Crippen LogP contribution in [0.25, 0.3) is 0 Å². The maximum absolute atomic E-state index is 11.3. The number of carbonyl (C=O) groups is 2. The number of aryl methyl sites for hydroxylation is 1. The van der Waals surface area contributed by atoms with Crippen LogP contribution in [0, 0.1) is 0 Å². The Labute approximate surface area is 93.5 Å². The molecule has 0 radical (unpaired) electrons. The van der Waals surface area contributed by atoms with Crippen molar-refractivity contribution in [1.29, 1.82) is 0 Å². The predicted octanol–water partition coefficient (Wildman–Crippen LogP) is 0.605. The molecule has 0 aromatic carbocycles. The Hall–Kier alpha value is -1.91. The molecule has 0 aliphatic rings. The highest BCUT2D eigenvalue weighted by molar-refractivity contribution is 5.76. The lowest BCUT2D eigenvalue weighted by molar-refractivity contribution is -0.136. The normalized spacial score (nSPS) is 9.75. The molecule has 1 heterocycles. The van der Waals surface area contributed by atoms with Gasteiger partial charge in [0.15, 0.2) is 0 Å². The highest BCUT2D eigenvalue weighted by atomic mass is 16.4. The van der Waals surface area contributed by atoms with Gasteiger partial charge in [0, 0.05) is 24.9 Å². The van der Waals surface area contributed by atoms with E-state index in [0.29, 0.717) is 12.8 Å². The highest BCUT2D eigenvalue weighted by Crippen LogP contribution is 1.97. The van der Waals surface area contributed by atoms with Gasteiger partial charge in [0.1, 0.15) is 0 Å². The Morgan fingerprint density at radius 3 is 2.75 bits per heavy atom. The molecule has 5 nitrogen and oxygen atoms in total. The van der Waals surface area contributed by atoms with Crippen molar-refractivity contribution in [3.8, 4) is 0 Å². The largest absolute Gasteiger partial charge is 0.481 e. The SMILES string of the molecule is O=C(O)CCNC(=O)CCc1ccccn1. The molecular weight excluding hydrogens is 208 g/mol. The van der Waals surface area contributed by atoms with Crippen molar-refractivity contribution >= 4 is 11.9 Å². The molecule has 0 spiro atoms. The molecule has 0 unspecified atom stereocenters. The van der Waals surface area contributed by atoms with Crippen molar-refractivity contribution < 1.29 is 14.7 Å². The molecule has 86 valence electrons. The first-order valence-electron chi connectivity index (χ1n) is 5.07. The lowest BCUT2D eigenvalue weighted by atomic mass is 10.2. The topological polar surface area (TPSA) is 79.3 Å². The fraction of sp³-hybridized carbons (Fsp3) is 0.364. The Morgan fingerprint density at radius 1 is 1.31 bits per heavy atom. The van der Waals surface area contributed by atoms with Gasteiger partial charge >= 0.3 is 5.97 Å². The fourth-order valence-electron chi connectivity index (χ4n) is 1.18. The second kappa shape index (κ2) is 6.55. The van der Waals surface area contributed by atoms with E-state index in [4.69, 9.17) is 5.11 Å². The Bertz CT molecular complexity index is 352. The summed E-state index contributed by atoms with van der Waals surface area (Å²) in [5.41, 5.74) is 0.857. The van der Waals surface area contributed by atoms with Gasteiger partial charge < -0.3 is 10.4 Å². The molecule has 1 rings (SSSR count). The number of pyridine rings is 1. The van der Waals surface area contributed by atoms with Crippen LogP contribution in [0.3, 0.4) is 0 Å². The van der Waals surface area contributed by atoms with Gasteiger partial charge in [0.25, 0.3) is 0 Å². The summed E-state index contributed by atoms with van der Waals surface area (Å²) in [6, 6.07) is 5.53. The number of hydrogen-bond donors (Lipinski definition) is 2. The molecular formula is C11H14N2O3. The zero-order valence-electron chi connectivity index (χ0n) is 8.85. The minimum atomic E-state index is -0.912.